The fourth-order valence-electron chi connectivity index (χ4n) is 6.33. The molecule has 0 bridgehead atoms. The summed E-state index contributed by atoms with van der Waals surface area (Å²) in [5.74, 6) is -0.185. The lowest BCUT2D eigenvalue weighted by molar-refractivity contribution is 0.0734. The van der Waals surface area contributed by atoms with Gasteiger partial charge in [0.2, 0.25) is 0 Å². The van der Waals surface area contributed by atoms with Crippen molar-refractivity contribution in [1.82, 2.24) is 39.1 Å². The van der Waals surface area contributed by atoms with Crippen LogP contribution >= 0.6 is 15.9 Å². The number of aryl methyl sites for hydroxylation is 2. The van der Waals surface area contributed by atoms with Crippen LogP contribution in [0.4, 0.5) is 5.69 Å². The van der Waals surface area contributed by atoms with Gasteiger partial charge in [-0.05, 0) is 75.1 Å². The Balaban J connectivity index is 1.00. The van der Waals surface area contributed by atoms with E-state index < -0.39 is 0 Å². The van der Waals surface area contributed by atoms with Crippen LogP contribution in [0, 0.1) is 19.8 Å². The van der Waals surface area contributed by atoms with Crippen molar-refractivity contribution in [3.63, 3.8) is 0 Å². The van der Waals surface area contributed by atoms with E-state index in [0.717, 1.165) is 40.7 Å². The van der Waals surface area contributed by atoms with Crippen LogP contribution in [0.1, 0.15) is 51.4 Å². The lowest BCUT2D eigenvalue weighted by Gasteiger charge is -2.25. The van der Waals surface area contributed by atoms with E-state index in [9.17, 15) is 14.4 Å². The first-order valence-electron chi connectivity index (χ1n) is 16.1. The van der Waals surface area contributed by atoms with E-state index in [1.807, 2.05) is 84.2 Å². The van der Waals surface area contributed by atoms with Crippen LogP contribution < -0.4 is 10.9 Å². The number of hydrogen-bond donors (Lipinski definition) is 1. The van der Waals surface area contributed by atoms with Gasteiger partial charge in [0, 0.05) is 64.7 Å². The minimum absolute atomic E-state index is 0.0924. The first kappa shape index (κ1) is 32.1. The van der Waals surface area contributed by atoms with Crippen LogP contribution in [0.15, 0.2) is 94.6 Å². The van der Waals surface area contributed by atoms with Gasteiger partial charge < -0.3 is 10.2 Å². The SMILES string of the molecule is Cc1cc(C)n2ncc(C(=O)Nc3ccc(-c4cn(CC5CCCCN(C(=O)c6ccc(=O)n(-c7cccc(Br)c7)c6)C5)nn4)cc3)c2n1. The third-order valence-corrected chi connectivity index (χ3v) is 9.24. The van der Waals surface area contributed by atoms with Gasteiger partial charge in [0.05, 0.1) is 18.0 Å². The van der Waals surface area contributed by atoms with E-state index in [1.54, 1.807) is 16.8 Å². The van der Waals surface area contributed by atoms with Gasteiger partial charge in [-0.25, -0.2) is 9.50 Å². The molecule has 4 aromatic heterocycles. The number of rotatable bonds is 7. The van der Waals surface area contributed by atoms with Gasteiger partial charge in [-0.3, -0.25) is 23.6 Å². The smallest absolute Gasteiger partial charge is 0.261 e. The van der Waals surface area contributed by atoms with E-state index in [-0.39, 0.29) is 23.3 Å². The van der Waals surface area contributed by atoms with Crippen molar-refractivity contribution in [2.45, 2.75) is 39.7 Å². The molecule has 1 N–H and O–H groups in total. The Morgan fingerprint density at radius 2 is 1.84 bits per heavy atom. The number of carbonyl (C=O) groups excluding carboxylic acids is 2. The molecule has 1 atom stereocenters. The summed E-state index contributed by atoms with van der Waals surface area (Å²) in [6, 6.07) is 19.9. The highest BCUT2D eigenvalue weighted by Gasteiger charge is 2.25. The molecule has 2 aromatic carbocycles. The summed E-state index contributed by atoms with van der Waals surface area (Å²) >= 11 is 3.46. The van der Waals surface area contributed by atoms with E-state index in [4.69, 9.17) is 0 Å². The van der Waals surface area contributed by atoms with E-state index in [0.29, 0.717) is 53.5 Å². The monoisotopic (exact) mass is 719 g/mol. The van der Waals surface area contributed by atoms with Crippen LogP contribution in [-0.2, 0) is 6.54 Å². The van der Waals surface area contributed by atoms with E-state index in [2.05, 4.69) is 41.6 Å². The van der Waals surface area contributed by atoms with Gasteiger partial charge in [-0.2, -0.15) is 5.10 Å². The maximum atomic E-state index is 13.7. The third kappa shape index (κ3) is 6.93. The second-order valence-corrected chi connectivity index (χ2v) is 13.3. The molecule has 13 heteroatoms. The first-order chi connectivity index (χ1) is 23.7. The zero-order valence-corrected chi connectivity index (χ0v) is 28.7. The maximum Gasteiger partial charge on any atom is 0.261 e. The summed E-state index contributed by atoms with van der Waals surface area (Å²) in [6.45, 7) is 5.68. The molecular formula is C36H34BrN9O3. The van der Waals surface area contributed by atoms with Crippen LogP contribution in [-0.4, -0.2) is 64.0 Å². The van der Waals surface area contributed by atoms with Gasteiger partial charge >= 0.3 is 0 Å². The molecule has 0 radical (unpaired) electrons. The normalized spacial score (nSPS) is 14.9. The highest BCUT2D eigenvalue weighted by molar-refractivity contribution is 9.10. The second-order valence-electron chi connectivity index (χ2n) is 12.4. The number of nitrogens with zero attached hydrogens (tertiary/aromatic N) is 8. The molecule has 1 aliphatic heterocycles. The zero-order chi connectivity index (χ0) is 34.1. The Morgan fingerprint density at radius 3 is 2.65 bits per heavy atom. The molecule has 5 heterocycles. The predicted molar refractivity (Wildman–Crippen MR) is 189 cm³/mol. The molecule has 7 rings (SSSR count). The molecule has 1 aliphatic rings. The number of carbonyl (C=O) groups is 2. The Morgan fingerprint density at radius 1 is 1.00 bits per heavy atom. The van der Waals surface area contributed by atoms with E-state index in [1.165, 1.54) is 16.8 Å². The molecule has 12 nitrogen and oxygen atoms in total. The van der Waals surface area contributed by atoms with Crippen molar-refractivity contribution < 1.29 is 9.59 Å². The molecule has 49 heavy (non-hydrogen) atoms. The quantitative estimate of drug-likeness (QED) is 0.224. The van der Waals surface area contributed by atoms with Crippen molar-refractivity contribution in [1.29, 1.82) is 0 Å². The number of amides is 2. The second kappa shape index (κ2) is 13.6. The number of likely N-dealkylation sites (tertiary alicyclic amines) is 1. The number of benzene rings is 2. The third-order valence-electron chi connectivity index (χ3n) is 8.75. The lowest BCUT2D eigenvalue weighted by atomic mass is 10.0. The number of halogens is 1. The summed E-state index contributed by atoms with van der Waals surface area (Å²) in [4.78, 5) is 45.8. The molecule has 2 amide bonds. The summed E-state index contributed by atoms with van der Waals surface area (Å²) in [7, 11) is 0. The topological polar surface area (TPSA) is 132 Å². The molecule has 1 unspecified atom stereocenters. The van der Waals surface area contributed by atoms with Crippen molar-refractivity contribution in [2.24, 2.45) is 5.92 Å². The van der Waals surface area contributed by atoms with Crippen LogP contribution in [0.3, 0.4) is 0 Å². The summed E-state index contributed by atoms with van der Waals surface area (Å²) < 4.78 is 5.85. The number of nitrogens with one attached hydrogen (secondary N) is 1. The molecule has 6 aromatic rings. The van der Waals surface area contributed by atoms with Crippen molar-refractivity contribution in [3.05, 3.63) is 123 Å². The standard InChI is InChI=1S/C36H34BrN9O3/c1-23-16-24(2)46-34(39-23)31(18-38-46)35(48)40-29-12-9-26(10-13-29)32-22-44(42-41-32)20-25-6-3-4-15-43(19-25)36(49)27-11-14-33(47)45(21-27)30-8-5-7-28(37)17-30/h5,7-14,16-18,21-22,25H,3-4,6,15,19-20H2,1-2H3,(H,40,48). The molecule has 248 valence electrons. The number of anilines is 1. The molecule has 1 fully saturated rings. The Hall–Kier alpha value is -5.43. The predicted octanol–water partition coefficient (Wildman–Crippen LogP) is 5.71. The van der Waals surface area contributed by atoms with Crippen LogP contribution in [0.5, 0.6) is 0 Å². The molecule has 0 spiro atoms. The summed E-state index contributed by atoms with van der Waals surface area (Å²) in [5.41, 5.74) is 5.84. The molecular weight excluding hydrogens is 686 g/mol. The Labute approximate surface area is 290 Å². The maximum absolute atomic E-state index is 13.7. The number of hydrogen-bond acceptors (Lipinski definition) is 7. The number of aromatic nitrogens is 7. The molecule has 1 saturated heterocycles. The van der Waals surface area contributed by atoms with Crippen LogP contribution in [0.25, 0.3) is 22.6 Å². The molecule has 0 saturated carbocycles. The minimum atomic E-state index is -0.284. The highest BCUT2D eigenvalue weighted by Crippen LogP contribution is 2.24. The van der Waals surface area contributed by atoms with Crippen molar-refractivity contribution in [3.8, 4) is 16.9 Å². The average molecular weight is 721 g/mol. The fraction of sp³-hybridized carbons (Fsp3) is 0.250. The first-order valence-corrected chi connectivity index (χ1v) is 16.9. The zero-order valence-electron chi connectivity index (χ0n) is 27.1. The van der Waals surface area contributed by atoms with Crippen molar-refractivity contribution in [2.75, 3.05) is 18.4 Å². The number of pyridine rings is 1. The van der Waals surface area contributed by atoms with Gasteiger partial charge in [-0.1, -0.05) is 45.8 Å². The summed E-state index contributed by atoms with van der Waals surface area (Å²) in [6.07, 6.45) is 7.95. The average Bonchev–Trinajstić information content (AvgIpc) is 3.67. The van der Waals surface area contributed by atoms with Crippen molar-refractivity contribution >= 4 is 39.1 Å². The van der Waals surface area contributed by atoms with Gasteiger partial charge in [-0.15, -0.1) is 5.10 Å². The van der Waals surface area contributed by atoms with Gasteiger partial charge in [0.15, 0.2) is 5.65 Å². The Kier molecular flexibility index (Phi) is 8.91. The van der Waals surface area contributed by atoms with Gasteiger partial charge in [0.1, 0.15) is 11.3 Å². The Bertz CT molecular complexity index is 2240. The minimum Gasteiger partial charge on any atom is -0.338 e. The lowest BCUT2D eigenvalue weighted by Crippen LogP contribution is -2.36. The van der Waals surface area contributed by atoms with E-state index >= 15 is 0 Å². The highest BCUT2D eigenvalue weighted by atomic mass is 79.9. The van der Waals surface area contributed by atoms with Crippen LogP contribution in [0.2, 0.25) is 0 Å². The largest absolute Gasteiger partial charge is 0.338 e. The number of fused-ring (bicyclic) bond motifs is 1. The fourth-order valence-corrected chi connectivity index (χ4v) is 6.71. The molecule has 0 aliphatic carbocycles. The van der Waals surface area contributed by atoms with Gasteiger partial charge in [0.25, 0.3) is 17.4 Å². The summed E-state index contributed by atoms with van der Waals surface area (Å²) in [5, 5.41) is 16.0.